The van der Waals surface area contributed by atoms with Crippen LogP contribution in [0.1, 0.15) is 45.4 Å². The molecule has 4 atom stereocenters. The Labute approximate surface area is 116 Å². The van der Waals surface area contributed by atoms with E-state index in [0.29, 0.717) is 5.92 Å². The number of amides is 1. The minimum Gasteiger partial charge on any atom is -0.376 e. The van der Waals surface area contributed by atoms with E-state index in [1.165, 1.54) is 6.42 Å². The van der Waals surface area contributed by atoms with Crippen LogP contribution in [0.15, 0.2) is 0 Å². The van der Waals surface area contributed by atoms with Crippen molar-refractivity contribution in [2.24, 2.45) is 17.6 Å². The van der Waals surface area contributed by atoms with E-state index in [-0.39, 0.29) is 24.0 Å². The van der Waals surface area contributed by atoms with Crippen LogP contribution < -0.4 is 5.73 Å². The maximum Gasteiger partial charge on any atom is 0.225 e. The second kappa shape index (κ2) is 6.71. The van der Waals surface area contributed by atoms with Gasteiger partial charge in [0, 0.05) is 32.2 Å². The van der Waals surface area contributed by atoms with E-state index in [0.717, 1.165) is 45.3 Å². The number of hydrogen-bond donors (Lipinski definition) is 1. The molecule has 1 aliphatic heterocycles. The van der Waals surface area contributed by atoms with Crippen molar-refractivity contribution in [1.82, 2.24) is 4.90 Å². The Morgan fingerprint density at radius 3 is 2.74 bits per heavy atom. The van der Waals surface area contributed by atoms with E-state index in [4.69, 9.17) is 10.5 Å². The first-order chi connectivity index (χ1) is 9.06. The molecule has 1 heterocycles. The van der Waals surface area contributed by atoms with E-state index < -0.39 is 0 Å². The van der Waals surface area contributed by atoms with Gasteiger partial charge < -0.3 is 15.4 Å². The van der Waals surface area contributed by atoms with Crippen molar-refractivity contribution >= 4 is 5.91 Å². The van der Waals surface area contributed by atoms with Gasteiger partial charge in [0.25, 0.3) is 0 Å². The van der Waals surface area contributed by atoms with Gasteiger partial charge in [0.1, 0.15) is 0 Å². The third-order valence-corrected chi connectivity index (χ3v) is 4.46. The topological polar surface area (TPSA) is 55.6 Å². The first-order valence-electron chi connectivity index (χ1n) is 7.68. The van der Waals surface area contributed by atoms with Crippen molar-refractivity contribution in [3.05, 3.63) is 0 Å². The fourth-order valence-electron chi connectivity index (χ4n) is 3.52. The van der Waals surface area contributed by atoms with Gasteiger partial charge in [-0.25, -0.2) is 0 Å². The molecule has 2 aliphatic rings. The molecule has 0 aromatic rings. The molecule has 0 aromatic heterocycles. The van der Waals surface area contributed by atoms with E-state index >= 15 is 0 Å². The summed E-state index contributed by atoms with van der Waals surface area (Å²) in [6.07, 6.45) is 6.58. The lowest BCUT2D eigenvalue weighted by Gasteiger charge is -2.34. The molecular formula is C15H28N2O2. The number of rotatable bonds is 3. The lowest BCUT2D eigenvalue weighted by atomic mass is 9.79. The highest BCUT2D eigenvalue weighted by molar-refractivity contribution is 5.78. The van der Waals surface area contributed by atoms with Crippen LogP contribution in [0.2, 0.25) is 0 Å². The molecule has 4 nitrogen and oxygen atoms in total. The van der Waals surface area contributed by atoms with Crippen molar-refractivity contribution < 1.29 is 9.53 Å². The molecule has 0 spiro atoms. The molecule has 0 bridgehead atoms. The van der Waals surface area contributed by atoms with Crippen LogP contribution in [0.25, 0.3) is 0 Å². The second-order valence-electron chi connectivity index (χ2n) is 6.48. The Hall–Kier alpha value is -0.610. The maximum atomic E-state index is 12.5. The fourth-order valence-corrected chi connectivity index (χ4v) is 3.52. The Morgan fingerprint density at radius 1 is 1.32 bits per heavy atom. The van der Waals surface area contributed by atoms with Gasteiger partial charge in [-0.2, -0.15) is 0 Å². The summed E-state index contributed by atoms with van der Waals surface area (Å²) >= 11 is 0. The highest BCUT2D eigenvalue weighted by Gasteiger charge is 2.31. The minimum atomic E-state index is 0.118. The normalized spacial score (nSPS) is 35.9. The molecule has 4 unspecified atom stereocenters. The standard InChI is InChI=1S/C15H28N2O2/c1-11-7-12(9-13(16)8-11)15(18)17(2)10-14-5-3-4-6-19-14/h11-14H,3-10,16H2,1-2H3. The Bertz CT molecular complexity index is 293. The molecule has 0 aromatic carbocycles. The van der Waals surface area contributed by atoms with E-state index in [2.05, 4.69) is 6.92 Å². The summed E-state index contributed by atoms with van der Waals surface area (Å²) < 4.78 is 5.71. The summed E-state index contributed by atoms with van der Waals surface area (Å²) in [5.74, 6) is 0.945. The van der Waals surface area contributed by atoms with Gasteiger partial charge in [0.15, 0.2) is 0 Å². The molecule has 0 radical (unpaired) electrons. The smallest absolute Gasteiger partial charge is 0.225 e. The zero-order valence-corrected chi connectivity index (χ0v) is 12.3. The summed E-state index contributed by atoms with van der Waals surface area (Å²) in [5.41, 5.74) is 6.04. The number of ether oxygens (including phenoxy) is 1. The lowest BCUT2D eigenvalue weighted by Crippen LogP contribution is -2.44. The van der Waals surface area contributed by atoms with Gasteiger partial charge in [0.05, 0.1) is 6.10 Å². The Kier molecular flexibility index (Phi) is 5.22. The molecule has 1 aliphatic carbocycles. The summed E-state index contributed by atoms with van der Waals surface area (Å²) in [4.78, 5) is 14.3. The van der Waals surface area contributed by atoms with Crippen molar-refractivity contribution in [2.45, 2.75) is 57.6 Å². The highest BCUT2D eigenvalue weighted by atomic mass is 16.5. The molecule has 4 heteroatoms. The number of hydrogen-bond acceptors (Lipinski definition) is 3. The van der Waals surface area contributed by atoms with Gasteiger partial charge in [0.2, 0.25) is 5.91 Å². The van der Waals surface area contributed by atoms with Crippen LogP contribution in [-0.2, 0) is 9.53 Å². The number of nitrogens with two attached hydrogens (primary N) is 1. The van der Waals surface area contributed by atoms with Crippen LogP contribution >= 0.6 is 0 Å². The van der Waals surface area contributed by atoms with Crippen LogP contribution in [0.3, 0.4) is 0 Å². The molecule has 2 fully saturated rings. The Balaban J connectivity index is 1.83. The number of nitrogens with zero attached hydrogens (tertiary/aromatic N) is 1. The van der Waals surface area contributed by atoms with Gasteiger partial charge in [-0.1, -0.05) is 6.92 Å². The molecule has 110 valence electrons. The quantitative estimate of drug-likeness (QED) is 0.849. The fraction of sp³-hybridized carbons (Fsp3) is 0.933. The summed E-state index contributed by atoms with van der Waals surface area (Å²) in [6, 6.07) is 0.192. The zero-order chi connectivity index (χ0) is 13.8. The summed E-state index contributed by atoms with van der Waals surface area (Å²) in [6.45, 7) is 3.78. The third-order valence-electron chi connectivity index (χ3n) is 4.46. The SMILES string of the molecule is CC1CC(N)CC(C(=O)N(C)CC2CCCCO2)C1. The summed E-state index contributed by atoms with van der Waals surface area (Å²) in [7, 11) is 1.91. The predicted octanol–water partition coefficient (Wildman–Crippen LogP) is 1.78. The minimum absolute atomic E-state index is 0.118. The van der Waals surface area contributed by atoms with Crippen LogP contribution in [-0.4, -0.2) is 43.2 Å². The van der Waals surface area contributed by atoms with Crippen molar-refractivity contribution in [1.29, 1.82) is 0 Å². The molecular weight excluding hydrogens is 240 g/mol. The highest BCUT2D eigenvalue weighted by Crippen LogP contribution is 2.29. The van der Waals surface area contributed by atoms with Gasteiger partial charge >= 0.3 is 0 Å². The van der Waals surface area contributed by atoms with E-state index in [1.807, 2.05) is 11.9 Å². The van der Waals surface area contributed by atoms with Gasteiger partial charge in [-0.05, 0) is 44.4 Å². The molecule has 1 saturated heterocycles. The maximum absolute atomic E-state index is 12.5. The molecule has 19 heavy (non-hydrogen) atoms. The van der Waals surface area contributed by atoms with Gasteiger partial charge in [-0.3, -0.25) is 4.79 Å². The average molecular weight is 268 g/mol. The van der Waals surface area contributed by atoms with E-state index in [9.17, 15) is 4.79 Å². The van der Waals surface area contributed by atoms with Crippen LogP contribution in [0.4, 0.5) is 0 Å². The van der Waals surface area contributed by atoms with Crippen molar-refractivity contribution in [3.63, 3.8) is 0 Å². The molecule has 1 amide bonds. The lowest BCUT2D eigenvalue weighted by molar-refractivity contribution is -0.138. The number of carbonyl (C=O) groups is 1. The van der Waals surface area contributed by atoms with E-state index in [1.54, 1.807) is 0 Å². The molecule has 2 N–H and O–H groups in total. The van der Waals surface area contributed by atoms with Crippen LogP contribution in [0.5, 0.6) is 0 Å². The van der Waals surface area contributed by atoms with Gasteiger partial charge in [-0.15, -0.1) is 0 Å². The molecule has 2 rings (SSSR count). The largest absolute Gasteiger partial charge is 0.376 e. The number of likely N-dealkylation sites (N-methyl/N-ethyl adjacent to an activating group) is 1. The monoisotopic (exact) mass is 268 g/mol. The first-order valence-corrected chi connectivity index (χ1v) is 7.68. The number of carbonyl (C=O) groups excluding carboxylic acids is 1. The second-order valence-corrected chi connectivity index (χ2v) is 6.48. The Morgan fingerprint density at radius 2 is 2.11 bits per heavy atom. The van der Waals surface area contributed by atoms with Crippen molar-refractivity contribution in [2.75, 3.05) is 20.2 Å². The zero-order valence-electron chi connectivity index (χ0n) is 12.3. The molecule has 1 saturated carbocycles. The first kappa shape index (κ1) is 14.8. The van der Waals surface area contributed by atoms with Crippen molar-refractivity contribution in [3.8, 4) is 0 Å². The predicted molar refractivity (Wildman–Crippen MR) is 75.7 cm³/mol. The third kappa shape index (κ3) is 4.18. The summed E-state index contributed by atoms with van der Waals surface area (Å²) in [5, 5.41) is 0. The average Bonchev–Trinajstić information content (AvgIpc) is 2.37. The van der Waals surface area contributed by atoms with Crippen LogP contribution in [0, 0.1) is 11.8 Å².